The van der Waals surface area contributed by atoms with Crippen molar-refractivity contribution in [3.63, 3.8) is 0 Å². The molecule has 0 radical (unpaired) electrons. The molecule has 0 aromatic heterocycles. The molecule has 28 heavy (non-hydrogen) atoms. The van der Waals surface area contributed by atoms with Crippen molar-refractivity contribution in [2.75, 3.05) is 20.1 Å². The van der Waals surface area contributed by atoms with Crippen molar-refractivity contribution < 1.29 is 14.0 Å². The van der Waals surface area contributed by atoms with Crippen LogP contribution >= 0.6 is 0 Å². The summed E-state index contributed by atoms with van der Waals surface area (Å²) in [5, 5.41) is 9.65. The highest BCUT2D eigenvalue weighted by Gasteiger charge is 2.56. The molecule has 3 atom stereocenters. The molecule has 3 heterocycles. The number of imide groups is 1. The van der Waals surface area contributed by atoms with Crippen molar-refractivity contribution >= 4 is 17.6 Å². The topological polar surface area (TPSA) is 71.5 Å². The molecule has 0 spiro atoms. The Bertz CT molecular complexity index is 859. The van der Waals surface area contributed by atoms with Gasteiger partial charge in [0.1, 0.15) is 18.0 Å². The van der Waals surface area contributed by atoms with Gasteiger partial charge in [0.05, 0.1) is 6.54 Å². The first-order chi connectivity index (χ1) is 13.4. The number of hydrogen-bond acceptors (Lipinski definition) is 6. The Morgan fingerprint density at radius 1 is 1.36 bits per heavy atom. The first-order valence-corrected chi connectivity index (χ1v) is 9.17. The molecule has 1 aromatic rings. The number of halogens is 1. The predicted molar refractivity (Wildman–Crippen MR) is 101 cm³/mol. The summed E-state index contributed by atoms with van der Waals surface area (Å²) in [6, 6.07) is 5.65. The Balaban J connectivity index is 1.65. The van der Waals surface area contributed by atoms with E-state index in [0.29, 0.717) is 12.1 Å². The van der Waals surface area contributed by atoms with E-state index in [1.165, 1.54) is 21.9 Å². The van der Waals surface area contributed by atoms with E-state index < -0.39 is 18.5 Å². The van der Waals surface area contributed by atoms with Gasteiger partial charge in [0.25, 0.3) is 5.91 Å². The molecule has 3 aliphatic rings. The average Bonchev–Trinajstić information content (AvgIpc) is 3.05. The van der Waals surface area contributed by atoms with Crippen LogP contribution in [0, 0.1) is 5.82 Å². The van der Waals surface area contributed by atoms with Crippen LogP contribution in [0.2, 0.25) is 0 Å². The zero-order chi connectivity index (χ0) is 20.0. The molecule has 0 bridgehead atoms. The molecule has 148 valence electrons. The smallest absolute Gasteiger partial charge is 0.310 e. The molecule has 1 aromatic carbocycles. The van der Waals surface area contributed by atoms with E-state index in [0.717, 1.165) is 5.71 Å². The Kier molecular flexibility index (Phi) is 4.64. The van der Waals surface area contributed by atoms with E-state index in [-0.39, 0.29) is 30.8 Å². The van der Waals surface area contributed by atoms with Crippen LogP contribution in [0.4, 0.5) is 9.18 Å². The molecular formula is C19H23FN6O2. The largest absolute Gasteiger partial charge is 0.328 e. The van der Waals surface area contributed by atoms with Crippen LogP contribution < -0.4 is 5.32 Å². The lowest BCUT2D eigenvalue weighted by molar-refractivity contribution is -0.138. The normalized spacial score (nSPS) is 27.6. The minimum atomic E-state index is -0.541. The number of fused-ring (bicyclic) bond motifs is 3. The van der Waals surface area contributed by atoms with E-state index in [9.17, 15) is 14.0 Å². The molecule has 0 saturated carbocycles. The quantitative estimate of drug-likeness (QED) is 0.782. The van der Waals surface area contributed by atoms with Gasteiger partial charge >= 0.3 is 6.03 Å². The summed E-state index contributed by atoms with van der Waals surface area (Å²) in [5.41, 5.74) is 1.33. The van der Waals surface area contributed by atoms with Gasteiger partial charge < -0.3 is 4.90 Å². The Labute approximate surface area is 162 Å². The van der Waals surface area contributed by atoms with Gasteiger partial charge in [-0.25, -0.2) is 14.1 Å². The van der Waals surface area contributed by atoms with E-state index in [2.05, 4.69) is 17.0 Å². The van der Waals surface area contributed by atoms with Gasteiger partial charge in [-0.05, 0) is 13.0 Å². The Hall–Kier alpha value is -2.78. The van der Waals surface area contributed by atoms with Crippen LogP contribution in [-0.4, -0.2) is 76.0 Å². The van der Waals surface area contributed by atoms with Gasteiger partial charge in [-0.2, -0.15) is 5.10 Å². The number of urea groups is 1. The predicted octanol–water partition coefficient (Wildman–Crippen LogP) is 0.981. The first-order valence-electron chi connectivity index (χ1n) is 9.17. The second-order valence-electron chi connectivity index (χ2n) is 7.26. The van der Waals surface area contributed by atoms with Crippen molar-refractivity contribution in [3.8, 4) is 0 Å². The van der Waals surface area contributed by atoms with Crippen LogP contribution in [0.25, 0.3) is 0 Å². The fourth-order valence-corrected chi connectivity index (χ4v) is 4.07. The average molecular weight is 386 g/mol. The summed E-state index contributed by atoms with van der Waals surface area (Å²) < 4.78 is 14.2. The molecule has 0 aliphatic carbocycles. The molecule has 3 unspecified atom stereocenters. The Morgan fingerprint density at radius 2 is 2.11 bits per heavy atom. The van der Waals surface area contributed by atoms with Crippen molar-refractivity contribution in [3.05, 3.63) is 48.3 Å². The van der Waals surface area contributed by atoms with Crippen molar-refractivity contribution in [1.29, 1.82) is 0 Å². The highest BCUT2D eigenvalue weighted by Crippen LogP contribution is 2.31. The molecule has 2 fully saturated rings. The maximum atomic E-state index is 14.2. The lowest BCUT2D eigenvalue weighted by Crippen LogP contribution is -2.66. The minimum absolute atomic E-state index is 0.162. The minimum Gasteiger partial charge on any atom is -0.310 e. The standard InChI is InChI=1S/C19H23FN6O2/c1-4-9-24-17(27)15-16(23(3)19(24)28)21-18-25(15)10-12(2)22-26(18)11-13-7-5-6-8-14(13)20/h4-8,15-16,18,21H,1,9-11H2,2-3H3. The molecular weight excluding hydrogens is 363 g/mol. The molecule has 3 amide bonds. The lowest BCUT2D eigenvalue weighted by Gasteiger charge is -2.42. The van der Waals surface area contributed by atoms with Gasteiger partial charge in [-0.1, -0.05) is 24.3 Å². The molecule has 1 N–H and O–H groups in total. The summed E-state index contributed by atoms with van der Waals surface area (Å²) in [6.45, 7) is 6.42. The molecule has 2 saturated heterocycles. The molecule has 3 aliphatic heterocycles. The molecule has 4 rings (SSSR count). The SMILES string of the molecule is C=CCN1C(=O)C2C(NC3N(Cc4ccccc4F)N=C(C)CN23)N(C)C1=O. The number of benzene rings is 1. The van der Waals surface area contributed by atoms with Crippen LogP contribution in [-0.2, 0) is 11.3 Å². The second kappa shape index (κ2) is 6.99. The van der Waals surface area contributed by atoms with Crippen LogP contribution in [0.15, 0.2) is 42.0 Å². The van der Waals surface area contributed by atoms with Gasteiger partial charge in [-0.3, -0.25) is 20.0 Å². The molecule has 8 nitrogen and oxygen atoms in total. The van der Waals surface area contributed by atoms with E-state index in [1.54, 1.807) is 30.3 Å². The van der Waals surface area contributed by atoms with Crippen molar-refractivity contribution in [2.45, 2.75) is 32.0 Å². The summed E-state index contributed by atoms with van der Waals surface area (Å²) >= 11 is 0. The van der Waals surface area contributed by atoms with E-state index >= 15 is 0 Å². The third-order valence-electron chi connectivity index (χ3n) is 5.35. The van der Waals surface area contributed by atoms with Crippen molar-refractivity contribution in [2.24, 2.45) is 5.10 Å². The number of nitrogens with one attached hydrogen (secondary N) is 1. The third-order valence-corrected chi connectivity index (χ3v) is 5.35. The zero-order valence-electron chi connectivity index (χ0n) is 15.9. The van der Waals surface area contributed by atoms with E-state index in [1.807, 2.05) is 11.8 Å². The number of carbonyl (C=O) groups is 2. The summed E-state index contributed by atoms with van der Waals surface area (Å²) in [4.78, 5) is 30.4. The van der Waals surface area contributed by atoms with Gasteiger partial charge in [0.15, 0.2) is 6.29 Å². The van der Waals surface area contributed by atoms with Crippen LogP contribution in [0.1, 0.15) is 12.5 Å². The fourth-order valence-electron chi connectivity index (χ4n) is 4.07. The number of hydrogen-bond donors (Lipinski definition) is 1. The van der Waals surface area contributed by atoms with Gasteiger partial charge in [0, 0.05) is 31.4 Å². The van der Waals surface area contributed by atoms with Gasteiger partial charge in [-0.15, -0.1) is 6.58 Å². The summed E-state index contributed by atoms with van der Waals surface area (Å²) in [5.74, 6) is -0.563. The van der Waals surface area contributed by atoms with Gasteiger partial charge in [0.2, 0.25) is 0 Å². The highest BCUT2D eigenvalue weighted by atomic mass is 19.1. The maximum absolute atomic E-state index is 14.2. The number of likely N-dealkylation sites (N-methyl/N-ethyl adjacent to an activating group) is 1. The third kappa shape index (κ3) is 2.87. The second-order valence-corrected chi connectivity index (χ2v) is 7.26. The van der Waals surface area contributed by atoms with Crippen LogP contribution in [0.3, 0.4) is 0 Å². The first kappa shape index (κ1) is 18.6. The number of carbonyl (C=O) groups excluding carboxylic acids is 2. The number of rotatable bonds is 4. The van der Waals surface area contributed by atoms with Crippen molar-refractivity contribution in [1.82, 2.24) is 25.0 Å². The fraction of sp³-hybridized carbons (Fsp3) is 0.421. The van der Waals surface area contributed by atoms with E-state index in [4.69, 9.17) is 0 Å². The lowest BCUT2D eigenvalue weighted by atomic mass is 10.1. The summed E-state index contributed by atoms with van der Waals surface area (Å²) in [6.07, 6.45) is 0.647. The Morgan fingerprint density at radius 3 is 2.82 bits per heavy atom. The number of amides is 3. The number of nitrogens with zero attached hydrogens (tertiary/aromatic N) is 5. The number of hydrazone groups is 1. The monoisotopic (exact) mass is 386 g/mol. The highest BCUT2D eigenvalue weighted by molar-refractivity contribution is 6.01. The maximum Gasteiger partial charge on any atom is 0.328 e. The molecule has 9 heteroatoms. The van der Waals surface area contributed by atoms with Crippen LogP contribution in [0.5, 0.6) is 0 Å². The summed E-state index contributed by atoms with van der Waals surface area (Å²) in [7, 11) is 1.67. The zero-order valence-corrected chi connectivity index (χ0v) is 15.9.